The first kappa shape index (κ1) is 17.3. The number of esters is 1. The number of para-hydroxylation sites is 1. The Balaban J connectivity index is 1.74. The fourth-order valence-electron chi connectivity index (χ4n) is 3.11. The van der Waals surface area contributed by atoms with Gasteiger partial charge in [-0.3, -0.25) is 4.79 Å². The van der Waals surface area contributed by atoms with Crippen LogP contribution in [0.5, 0.6) is 0 Å². The van der Waals surface area contributed by atoms with E-state index in [9.17, 15) is 9.59 Å². The highest BCUT2D eigenvalue weighted by Crippen LogP contribution is 2.32. The van der Waals surface area contributed by atoms with Crippen LogP contribution in [0.3, 0.4) is 0 Å². The van der Waals surface area contributed by atoms with Crippen LogP contribution in [0.1, 0.15) is 22.8 Å². The lowest BCUT2D eigenvalue weighted by Crippen LogP contribution is -2.39. The second kappa shape index (κ2) is 7.15. The maximum absolute atomic E-state index is 12.7. The van der Waals surface area contributed by atoms with E-state index in [2.05, 4.69) is 5.32 Å². The summed E-state index contributed by atoms with van der Waals surface area (Å²) >= 11 is 6.16. The van der Waals surface area contributed by atoms with E-state index in [1.165, 1.54) is 12.7 Å². The highest BCUT2D eigenvalue weighted by Gasteiger charge is 2.30. The minimum atomic E-state index is -0.451. The zero-order chi connectivity index (χ0) is 18.0. The van der Waals surface area contributed by atoms with Gasteiger partial charge in [-0.1, -0.05) is 29.8 Å². The van der Waals surface area contributed by atoms with Crippen LogP contribution in [0.25, 0.3) is 0 Å². The molecule has 1 aliphatic rings. The molecule has 5 nitrogen and oxygen atoms in total. The van der Waals surface area contributed by atoms with Crippen LogP contribution in [0.2, 0.25) is 5.02 Å². The molecular weight excluding hydrogens is 340 g/mol. The summed E-state index contributed by atoms with van der Waals surface area (Å²) in [6, 6.07) is 12.8. The van der Waals surface area contributed by atoms with Crippen LogP contribution < -0.4 is 10.2 Å². The standard InChI is InChI=1S/C19H19ClN2O3/c1-12-9-13-5-3-4-6-17(13)22(12)18(23)11-21-16-10-14(19(24)25-2)7-8-15(16)20/h3-8,10,12,21H,9,11H2,1-2H3. The zero-order valence-corrected chi connectivity index (χ0v) is 14.8. The van der Waals surface area contributed by atoms with Crippen molar-refractivity contribution in [1.82, 2.24) is 0 Å². The Hall–Kier alpha value is -2.53. The number of ether oxygens (including phenoxy) is 1. The quantitative estimate of drug-likeness (QED) is 0.850. The van der Waals surface area contributed by atoms with Crippen LogP contribution >= 0.6 is 11.6 Å². The normalized spacial score (nSPS) is 15.6. The van der Waals surface area contributed by atoms with Crippen molar-refractivity contribution in [2.45, 2.75) is 19.4 Å². The molecule has 0 bridgehead atoms. The fourth-order valence-corrected chi connectivity index (χ4v) is 3.29. The number of nitrogens with zero attached hydrogens (tertiary/aromatic N) is 1. The smallest absolute Gasteiger partial charge is 0.337 e. The molecule has 3 rings (SSSR count). The van der Waals surface area contributed by atoms with Gasteiger partial charge in [0.05, 0.1) is 29.9 Å². The average Bonchev–Trinajstić information content (AvgIpc) is 2.95. The van der Waals surface area contributed by atoms with Crippen LogP contribution in [-0.2, 0) is 16.0 Å². The number of methoxy groups -OCH3 is 1. The molecule has 1 amide bonds. The van der Waals surface area contributed by atoms with Crippen molar-refractivity contribution in [3.05, 3.63) is 58.6 Å². The lowest BCUT2D eigenvalue weighted by Gasteiger charge is -2.23. The second-order valence-corrected chi connectivity index (χ2v) is 6.39. The van der Waals surface area contributed by atoms with E-state index in [1.807, 2.05) is 31.2 Å². The van der Waals surface area contributed by atoms with Crippen LogP contribution in [0.15, 0.2) is 42.5 Å². The number of nitrogens with one attached hydrogen (secondary N) is 1. The monoisotopic (exact) mass is 358 g/mol. The van der Waals surface area contributed by atoms with Gasteiger partial charge in [-0.2, -0.15) is 0 Å². The molecule has 0 fully saturated rings. The third kappa shape index (κ3) is 3.46. The summed E-state index contributed by atoms with van der Waals surface area (Å²) in [5.41, 5.74) is 3.03. The highest BCUT2D eigenvalue weighted by atomic mass is 35.5. The van der Waals surface area contributed by atoms with E-state index in [0.29, 0.717) is 16.3 Å². The summed E-state index contributed by atoms with van der Waals surface area (Å²) in [6.45, 7) is 2.12. The Kier molecular flexibility index (Phi) is 4.95. The number of benzene rings is 2. The first-order valence-electron chi connectivity index (χ1n) is 8.03. The van der Waals surface area contributed by atoms with Crippen molar-refractivity contribution < 1.29 is 14.3 Å². The molecular formula is C19H19ClN2O3. The average molecular weight is 359 g/mol. The fraction of sp³-hybridized carbons (Fsp3) is 0.263. The van der Waals surface area contributed by atoms with E-state index >= 15 is 0 Å². The van der Waals surface area contributed by atoms with Gasteiger partial charge in [0.1, 0.15) is 0 Å². The third-order valence-corrected chi connectivity index (χ3v) is 4.62. The molecule has 0 aliphatic carbocycles. The molecule has 1 unspecified atom stereocenters. The second-order valence-electron chi connectivity index (χ2n) is 5.99. The number of carbonyl (C=O) groups is 2. The number of anilines is 2. The number of halogens is 1. The van der Waals surface area contributed by atoms with Gasteiger partial charge in [0.25, 0.3) is 0 Å². The molecule has 6 heteroatoms. The molecule has 0 saturated carbocycles. The molecule has 0 aromatic heterocycles. The zero-order valence-electron chi connectivity index (χ0n) is 14.1. The summed E-state index contributed by atoms with van der Waals surface area (Å²) < 4.78 is 4.71. The molecule has 0 spiro atoms. The summed E-state index contributed by atoms with van der Waals surface area (Å²) in [5, 5.41) is 3.47. The summed E-state index contributed by atoms with van der Waals surface area (Å²) in [5.74, 6) is -0.495. The number of hydrogen-bond donors (Lipinski definition) is 1. The Morgan fingerprint density at radius 1 is 1.28 bits per heavy atom. The molecule has 1 N–H and O–H groups in total. The van der Waals surface area contributed by atoms with Gasteiger partial charge in [0, 0.05) is 11.7 Å². The van der Waals surface area contributed by atoms with Gasteiger partial charge in [0.2, 0.25) is 5.91 Å². The summed E-state index contributed by atoms with van der Waals surface area (Å²) in [4.78, 5) is 26.1. The van der Waals surface area contributed by atoms with E-state index < -0.39 is 5.97 Å². The molecule has 1 heterocycles. The Bertz CT molecular complexity index is 822. The van der Waals surface area contributed by atoms with Crippen molar-refractivity contribution >= 4 is 34.9 Å². The topological polar surface area (TPSA) is 58.6 Å². The van der Waals surface area contributed by atoms with E-state index in [4.69, 9.17) is 16.3 Å². The van der Waals surface area contributed by atoms with Crippen molar-refractivity contribution in [3.8, 4) is 0 Å². The number of carbonyl (C=O) groups excluding carboxylic acids is 2. The number of hydrogen-bond acceptors (Lipinski definition) is 4. The Labute approximate surface area is 151 Å². The molecule has 1 aliphatic heterocycles. The first-order valence-corrected chi connectivity index (χ1v) is 8.40. The highest BCUT2D eigenvalue weighted by molar-refractivity contribution is 6.33. The number of fused-ring (bicyclic) bond motifs is 1. The van der Waals surface area contributed by atoms with E-state index in [-0.39, 0.29) is 18.5 Å². The van der Waals surface area contributed by atoms with Gasteiger partial charge in [0.15, 0.2) is 0 Å². The minimum Gasteiger partial charge on any atom is -0.465 e. The van der Waals surface area contributed by atoms with Gasteiger partial charge < -0.3 is 15.0 Å². The van der Waals surface area contributed by atoms with Gasteiger partial charge in [-0.25, -0.2) is 4.79 Å². The minimum absolute atomic E-state index is 0.0445. The molecule has 2 aromatic carbocycles. The lowest BCUT2D eigenvalue weighted by molar-refractivity contribution is -0.117. The molecule has 25 heavy (non-hydrogen) atoms. The van der Waals surface area contributed by atoms with E-state index in [1.54, 1.807) is 23.1 Å². The number of rotatable bonds is 4. The predicted molar refractivity (Wildman–Crippen MR) is 98.4 cm³/mol. The molecule has 1 atom stereocenters. The Morgan fingerprint density at radius 3 is 2.80 bits per heavy atom. The molecule has 0 saturated heterocycles. The van der Waals surface area contributed by atoms with Gasteiger partial charge in [-0.15, -0.1) is 0 Å². The summed E-state index contributed by atoms with van der Waals surface area (Å²) in [7, 11) is 1.32. The summed E-state index contributed by atoms with van der Waals surface area (Å²) in [6.07, 6.45) is 0.848. The maximum Gasteiger partial charge on any atom is 0.337 e. The van der Waals surface area contributed by atoms with Gasteiger partial charge >= 0.3 is 5.97 Å². The van der Waals surface area contributed by atoms with Crippen LogP contribution in [-0.4, -0.2) is 31.6 Å². The Morgan fingerprint density at radius 2 is 2.04 bits per heavy atom. The van der Waals surface area contributed by atoms with Crippen molar-refractivity contribution in [1.29, 1.82) is 0 Å². The molecule has 2 aromatic rings. The third-order valence-electron chi connectivity index (χ3n) is 4.29. The largest absolute Gasteiger partial charge is 0.465 e. The van der Waals surface area contributed by atoms with Crippen molar-refractivity contribution in [3.63, 3.8) is 0 Å². The van der Waals surface area contributed by atoms with Crippen molar-refractivity contribution in [2.24, 2.45) is 0 Å². The predicted octanol–water partition coefficient (Wildman–Crippen LogP) is 3.52. The molecule has 0 radical (unpaired) electrons. The van der Waals surface area contributed by atoms with E-state index in [0.717, 1.165) is 12.1 Å². The van der Waals surface area contributed by atoms with Crippen molar-refractivity contribution in [2.75, 3.05) is 23.9 Å². The van der Waals surface area contributed by atoms with Crippen LogP contribution in [0.4, 0.5) is 11.4 Å². The first-order chi connectivity index (χ1) is 12.0. The SMILES string of the molecule is COC(=O)c1ccc(Cl)c(NCC(=O)N2c3ccccc3CC2C)c1. The maximum atomic E-state index is 12.7. The lowest BCUT2D eigenvalue weighted by atomic mass is 10.1. The number of amides is 1. The van der Waals surface area contributed by atoms with Crippen LogP contribution in [0, 0.1) is 0 Å². The van der Waals surface area contributed by atoms with Gasteiger partial charge in [-0.05, 0) is 43.2 Å². The molecule has 130 valence electrons.